The van der Waals surface area contributed by atoms with E-state index in [4.69, 9.17) is 9.98 Å². The van der Waals surface area contributed by atoms with Crippen molar-refractivity contribution in [2.75, 3.05) is 0 Å². The standard InChI is InChI=1S/C48H56N2O4/c1-25-15-29(5)41(30(6)16-25)45(49-23-39(37(13)51)47(53)43-33(9)19-27(3)20-34(43)10)46(42-31(7)17-26(2)18-32(42)8)50-24-40(38(14)52)48(54)44-35(11)21-28(4)22-36(44)12/h15-24,45-46,53-54H,1-14H3/p-2/t45-,46-/m0/s1. The molecule has 0 radical (unpaired) electrons. The fraction of sp³-hybridized carbons (Fsp3) is 0.333. The monoisotopic (exact) mass is 722 g/mol. The number of allylic oxidation sites excluding steroid dienone is 2. The second-order valence-electron chi connectivity index (χ2n) is 15.2. The molecule has 4 rings (SSSR count). The molecule has 2 atom stereocenters. The lowest BCUT2D eigenvalue weighted by Gasteiger charge is -2.29. The normalized spacial score (nSPS) is 14.0. The zero-order valence-electron chi connectivity index (χ0n) is 34.5. The summed E-state index contributed by atoms with van der Waals surface area (Å²) in [5, 5.41) is 28.3. The van der Waals surface area contributed by atoms with Gasteiger partial charge in [-0.05, 0) is 164 Å². The molecular weight excluding hydrogens is 669 g/mol. The number of Topliss-reactive ketones (excluding diaryl/α,β-unsaturated/α-hetero) is 2. The maximum atomic E-state index is 14.2. The van der Waals surface area contributed by atoms with Gasteiger partial charge in [-0.15, -0.1) is 0 Å². The van der Waals surface area contributed by atoms with Crippen LogP contribution in [0.3, 0.4) is 0 Å². The van der Waals surface area contributed by atoms with Gasteiger partial charge in [0.25, 0.3) is 0 Å². The minimum absolute atomic E-state index is 0.0333. The third-order valence-corrected chi connectivity index (χ3v) is 10.2. The Morgan fingerprint density at radius 3 is 0.889 bits per heavy atom. The Kier molecular flexibility index (Phi) is 12.8. The van der Waals surface area contributed by atoms with E-state index < -0.39 is 23.7 Å². The summed E-state index contributed by atoms with van der Waals surface area (Å²) in [6, 6.07) is 14.6. The lowest BCUT2D eigenvalue weighted by molar-refractivity contribution is -0.245. The van der Waals surface area contributed by atoms with E-state index in [1.54, 1.807) is 0 Å². The van der Waals surface area contributed by atoms with Crippen molar-refractivity contribution in [3.8, 4) is 0 Å². The summed E-state index contributed by atoms with van der Waals surface area (Å²) in [4.78, 5) is 36.8. The number of benzene rings is 4. The third kappa shape index (κ3) is 8.87. The van der Waals surface area contributed by atoms with E-state index in [2.05, 4.69) is 24.3 Å². The highest BCUT2D eigenvalue weighted by Gasteiger charge is 2.30. The van der Waals surface area contributed by atoms with Gasteiger partial charge in [0.15, 0.2) is 11.6 Å². The first kappa shape index (κ1) is 41.4. The van der Waals surface area contributed by atoms with Gasteiger partial charge in [-0.25, -0.2) is 0 Å². The first-order valence-electron chi connectivity index (χ1n) is 18.5. The first-order chi connectivity index (χ1) is 25.2. The second-order valence-corrected chi connectivity index (χ2v) is 15.2. The summed E-state index contributed by atoms with van der Waals surface area (Å²) in [6.45, 7) is 26.4. The molecular formula is C48H54N2O4-2. The minimum Gasteiger partial charge on any atom is -0.872 e. The van der Waals surface area contributed by atoms with Crippen LogP contribution in [-0.2, 0) is 9.59 Å². The Labute approximate surface area is 322 Å². The van der Waals surface area contributed by atoms with Gasteiger partial charge in [0.1, 0.15) is 12.1 Å². The SMILES string of the molecule is CC(=O)C(C=N[C@@H](c1c(C)cc(C)cc1C)[C@@H](N=CC(C(C)=O)=C([O-])c1c(C)cc(C)cc1C)c1c(C)cc(C)cc1C)=C([O-])c1c(C)cc(C)cc1C. The fourth-order valence-corrected chi connectivity index (χ4v) is 8.22. The van der Waals surface area contributed by atoms with Crippen LogP contribution >= 0.6 is 0 Å². The number of aryl methyl sites for hydroxylation is 12. The summed E-state index contributed by atoms with van der Waals surface area (Å²) >= 11 is 0. The van der Waals surface area contributed by atoms with Crippen LogP contribution in [-0.4, -0.2) is 24.0 Å². The van der Waals surface area contributed by atoms with Crippen molar-refractivity contribution in [2.24, 2.45) is 9.98 Å². The molecule has 4 aromatic rings. The number of nitrogens with zero attached hydrogens (tertiary/aromatic N) is 2. The molecule has 0 bridgehead atoms. The van der Waals surface area contributed by atoms with E-state index in [1.165, 1.54) is 26.3 Å². The van der Waals surface area contributed by atoms with Crippen LogP contribution < -0.4 is 10.2 Å². The summed E-state index contributed by atoms with van der Waals surface area (Å²) in [6.07, 6.45) is 2.82. The summed E-state index contributed by atoms with van der Waals surface area (Å²) in [5.74, 6) is -1.57. The Morgan fingerprint density at radius 2 is 0.667 bits per heavy atom. The fourth-order valence-electron chi connectivity index (χ4n) is 8.22. The van der Waals surface area contributed by atoms with E-state index in [-0.39, 0.29) is 22.7 Å². The van der Waals surface area contributed by atoms with E-state index >= 15 is 0 Å². The van der Waals surface area contributed by atoms with Crippen LogP contribution in [0.5, 0.6) is 0 Å². The van der Waals surface area contributed by atoms with Crippen molar-refractivity contribution in [1.29, 1.82) is 0 Å². The number of aliphatic imine (C=N–C) groups is 2. The van der Waals surface area contributed by atoms with Crippen LogP contribution in [0, 0.1) is 83.1 Å². The Morgan fingerprint density at radius 1 is 0.444 bits per heavy atom. The highest BCUT2D eigenvalue weighted by atomic mass is 16.3. The summed E-state index contributed by atoms with van der Waals surface area (Å²) in [5.41, 5.74) is 13.9. The van der Waals surface area contributed by atoms with Gasteiger partial charge in [0.2, 0.25) is 0 Å². The van der Waals surface area contributed by atoms with Crippen LogP contribution in [0.4, 0.5) is 0 Å². The Hall–Kier alpha value is -5.36. The molecule has 0 heterocycles. The molecule has 0 saturated carbocycles. The van der Waals surface area contributed by atoms with E-state index in [0.29, 0.717) is 11.1 Å². The predicted octanol–water partition coefficient (Wildman–Crippen LogP) is 9.03. The molecule has 282 valence electrons. The smallest absolute Gasteiger partial charge is 0.160 e. The lowest BCUT2D eigenvalue weighted by Crippen LogP contribution is -2.18. The average Bonchev–Trinajstić information content (AvgIpc) is 3.01. The minimum atomic E-state index is -0.740. The number of rotatable bonds is 11. The summed E-state index contributed by atoms with van der Waals surface area (Å²) < 4.78 is 0. The lowest BCUT2D eigenvalue weighted by atomic mass is 9.84. The summed E-state index contributed by atoms with van der Waals surface area (Å²) in [7, 11) is 0. The third-order valence-electron chi connectivity index (χ3n) is 10.2. The van der Waals surface area contributed by atoms with Crippen molar-refractivity contribution in [3.63, 3.8) is 0 Å². The zero-order valence-corrected chi connectivity index (χ0v) is 34.5. The molecule has 6 heteroatoms. The molecule has 6 nitrogen and oxygen atoms in total. The van der Waals surface area contributed by atoms with E-state index in [1.807, 2.05) is 107 Å². The van der Waals surface area contributed by atoms with Crippen LogP contribution in [0.15, 0.2) is 69.7 Å². The molecule has 0 fully saturated rings. The number of hydrogen-bond acceptors (Lipinski definition) is 6. The van der Waals surface area contributed by atoms with Crippen LogP contribution in [0.1, 0.15) is 115 Å². The number of carbonyl (C=O) groups excluding carboxylic acids is 2. The molecule has 4 aromatic carbocycles. The molecule has 0 spiro atoms. The predicted molar refractivity (Wildman–Crippen MR) is 220 cm³/mol. The highest BCUT2D eigenvalue weighted by molar-refractivity contribution is 6.18. The van der Waals surface area contributed by atoms with Crippen LogP contribution in [0.25, 0.3) is 11.5 Å². The second kappa shape index (κ2) is 16.8. The number of ketones is 2. The van der Waals surface area contributed by atoms with Gasteiger partial charge in [-0.3, -0.25) is 19.6 Å². The topological polar surface area (TPSA) is 105 Å². The molecule has 0 unspecified atom stereocenters. The van der Waals surface area contributed by atoms with Crippen molar-refractivity contribution in [2.45, 2.75) is 109 Å². The van der Waals surface area contributed by atoms with E-state index in [9.17, 15) is 19.8 Å². The van der Waals surface area contributed by atoms with Gasteiger partial charge in [-0.2, -0.15) is 0 Å². The van der Waals surface area contributed by atoms with Gasteiger partial charge < -0.3 is 10.2 Å². The number of hydrogen-bond donors (Lipinski definition) is 0. The van der Waals surface area contributed by atoms with Gasteiger partial charge in [0.05, 0.1) is 0 Å². The molecule has 54 heavy (non-hydrogen) atoms. The molecule has 0 amide bonds. The quantitative estimate of drug-likeness (QED) is 0.0875. The van der Waals surface area contributed by atoms with Gasteiger partial charge in [-0.1, -0.05) is 82.3 Å². The molecule has 0 aliphatic rings. The van der Waals surface area contributed by atoms with Crippen LogP contribution in [0.2, 0.25) is 0 Å². The average molecular weight is 723 g/mol. The molecule has 0 aliphatic carbocycles. The number of carbonyl (C=O) groups is 2. The van der Waals surface area contributed by atoms with Crippen molar-refractivity contribution < 1.29 is 19.8 Å². The highest BCUT2D eigenvalue weighted by Crippen LogP contribution is 2.42. The van der Waals surface area contributed by atoms with Gasteiger partial charge in [0, 0.05) is 23.6 Å². The van der Waals surface area contributed by atoms with Crippen molar-refractivity contribution in [1.82, 2.24) is 0 Å². The maximum absolute atomic E-state index is 14.2. The van der Waals surface area contributed by atoms with Crippen molar-refractivity contribution >= 4 is 35.5 Å². The first-order valence-corrected chi connectivity index (χ1v) is 18.5. The molecule has 0 aliphatic heterocycles. The Balaban J connectivity index is 2.11. The largest absolute Gasteiger partial charge is 0.872 e. The maximum Gasteiger partial charge on any atom is 0.160 e. The van der Waals surface area contributed by atoms with E-state index in [0.717, 1.165) is 77.9 Å². The zero-order chi connectivity index (χ0) is 40.3. The molecule has 0 saturated heterocycles. The molecule has 0 aromatic heterocycles. The Bertz CT molecular complexity index is 2030. The van der Waals surface area contributed by atoms with Gasteiger partial charge >= 0.3 is 0 Å². The van der Waals surface area contributed by atoms with Crippen molar-refractivity contribution in [3.05, 3.63) is 149 Å². The molecule has 0 N–H and O–H groups in total.